The largest absolute Gasteiger partial charge is 0.452 e. The van der Waals surface area contributed by atoms with Crippen LogP contribution in [0.2, 0.25) is 5.02 Å². The highest BCUT2D eigenvalue weighted by Crippen LogP contribution is 2.29. The van der Waals surface area contributed by atoms with E-state index in [0.717, 1.165) is 6.07 Å². The van der Waals surface area contributed by atoms with Crippen LogP contribution in [-0.4, -0.2) is 56.7 Å². The number of amides is 2. The highest BCUT2D eigenvalue weighted by molar-refractivity contribution is 7.89. The molecular weight excluding hydrogens is 458 g/mol. The molecule has 170 valence electrons. The summed E-state index contributed by atoms with van der Waals surface area (Å²) in [6, 6.07) is 10.5. The molecule has 0 aliphatic carbocycles. The Morgan fingerprint density at radius 1 is 1.16 bits per heavy atom. The van der Waals surface area contributed by atoms with E-state index in [2.05, 4.69) is 5.32 Å². The van der Waals surface area contributed by atoms with Crippen LogP contribution in [0.25, 0.3) is 0 Å². The molecule has 0 saturated heterocycles. The van der Waals surface area contributed by atoms with Gasteiger partial charge in [-0.15, -0.1) is 0 Å². The number of fused-ring (bicyclic) bond motifs is 1. The molecule has 2 aromatic rings. The van der Waals surface area contributed by atoms with Crippen molar-refractivity contribution in [2.75, 3.05) is 36.5 Å². The molecular formula is C21H22ClN3O6S. The fraction of sp³-hybridized carbons (Fsp3) is 0.286. The number of esters is 1. The van der Waals surface area contributed by atoms with E-state index in [9.17, 15) is 22.8 Å². The lowest BCUT2D eigenvalue weighted by Crippen LogP contribution is -2.44. The first-order valence-electron chi connectivity index (χ1n) is 9.85. The van der Waals surface area contributed by atoms with Crippen LogP contribution in [0.15, 0.2) is 47.4 Å². The Hall–Kier alpha value is -2.95. The average Bonchev–Trinajstić information content (AvgIpc) is 2.77. The summed E-state index contributed by atoms with van der Waals surface area (Å²) < 4.78 is 31.8. The van der Waals surface area contributed by atoms with Crippen LogP contribution < -0.4 is 10.2 Å². The molecule has 0 unspecified atom stereocenters. The lowest BCUT2D eigenvalue weighted by Gasteiger charge is -2.28. The molecule has 0 spiro atoms. The molecule has 0 aromatic heterocycles. The average molecular weight is 480 g/mol. The molecule has 2 amide bonds. The number of hydrogen-bond donors (Lipinski definition) is 1. The first-order valence-corrected chi connectivity index (χ1v) is 11.7. The maximum atomic E-state index is 12.7. The second-order valence-electron chi connectivity index (χ2n) is 6.85. The van der Waals surface area contributed by atoms with Gasteiger partial charge in [0.15, 0.2) is 6.61 Å². The van der Waals surface area contributed by atoms with Gasteiger partial charge in [0, 0.05) is 13.1 Å². The summed E-state index contributed by atoms with van der Waals surface area (Å²) in [7, 11) is -3.81. The van der Waals surface area contributed by atoms with Crippen molar-refractivity contribution in [3.05, 3.63) is 53.1 Å². The molecule has 32 heavy (non-hydrogen) atoms. The van der Waals surface area contributed by atoms with E-state index in [0.29, 0.717) is 11.4 Å². The van der Waals surface area contributed by atoms with Crippen LogP contribution in [0.3, 0.4) is 0 Å². The van der Waals surface area contributed by atoms with Gasteiger partial charge in [-0.3, -0.25) is 14.5 Å². The summed E-state index contributed by atoms with van der Waals surface area (Å²) >= 11 is 6.08. The van der Waals surface area contributed by atoms with Crippen LogP contribution in [0.4, 0.5) is 11.4 Å². The fourth-order valence-corrected chi connectivity index (χ4v) is 4.95. The van der Waals surface area contributed by atoms with Crippen molar-refractivity contribution in [3.8, 4) is 0 Å². The van der Waals surface area contributed by atoms with Crippen molar-refractivity contribution in [1.82, 2.24) is 4.31 Å². The van der Waals surface area contributed by atoms with Crippen molar-refractivity contribution in [2.45, 2.75) is 18.7 Å². The van der Waals surface area contributed by atoms with Gasteiger partial charge >= 0.3 is 5.97 Å². The number of para-hydroxylation sites is 2. The molecule has 1 N–H and O–H groups in total. The van der Waals surface area contributed by atoms with Crippen LogP contribution in [0, 0.1) is 0 Å². The highest BCUT2D eigenvalue weighted by atomic mass is 35.5. The molecule has 1 aliphatic heterocycles. The third kappa shape index (κ3) is 4.77. The molecule has 1 heterocycles. The van der Waals surface area contributed by atoms with Crippen molar-refractivity contribution in [3.63, 3.8) is 0 Å². The minimum Gasteiger partial charge on any atom is -0.452 e. The van der Waals surface area contributed by atoms with Gasteiger partial charge in [0.1, 0.15) is 6.54 Å². The summed E-state index contributed by atoms with van der Waals surface area (Å²) in [6.45, 7) is 3.07. The van der Waals surface area contributed by atoms with E-state index in [1.807, 2.05) is 0 Å². The first kappa shape index (κ1) is 23.7. The summed E-state index contributed by atoms with van der Waals surface area (Å²) in [5, 5.41) is 2.65. The second-order valence-corrected chi connectivity index (χ2v) is 9.20. The zero-order valence-corrected chi connectivity index (χ0v) is 19.1. The van der Waals surface area contributed by atoms with Gasteiger partial charge in [-0.2, -0.15) is 4.31 Å². The van der Waals surface area contributed by atoms with Gasteiger partial charge in [0.05, 0.1) is 26.9 Å². The number of rotatable bonds is 7. The Morgan fingerprint density at radius 3 is 2.53 bits per heavy atom. The molecule has 11 heteroatoms. The van der Waals surface area contributed by atoms with Crippen molar-refractivity contribution < 1.29 is 27.5 Å². The predicted molar refractivity (Wildman–Crippen MR) is 119 cm³/mol. The van der Waals surface area contributed by atoms with Crippen molar-refractivity contribution >= 4 is 50.8 Å². The zero-order chi connectivity index (χ0) is 23.5. The summed E-state index contributed by atoms with van der Waals surface area (Å²) in [5.74, 6) is -1.93. The Labute approximate surface area is 190 Å². The monoisotopic (exact) mass is 479 g/mol. The number of sulfonamides is 1. The van der Waals surface area contributed by atoms with E-state index in [4.69, 9.17) is 16.3 Å². The minimum absolute atomic E-state index is 0.0105. The summed E-state index contributed by atoms with van der Waals surface area (Å²) in [5.41, 5.74) is 0.781. The first-order chi connectivity index (χ1) is 15.2. The van der Waals surface area contributed by atoms with Gasteiger partial charge in [-0.05, 0) is 30.3 Å². The Morgan fingerprint density at radius 2 is 1.84 bits per heavy atom. The predicted octanol–water partition coefficient (Wildman–Crippen LogP) is 2.51. The number of hydrogen-bond acceptors (Lipinski definition) is 6. The third-order valence-electron chi connectivity index (χ3n) is 4.90. The number of anilines is 2. The van der Waals surface area contributed by atoms with Crippen LogP contribution in [0.5, 0.6) is 0 Å². The number of benzene rings is 2. The number of ether oxygens (including phenoxy) is 1. The number of carbonyl (C=O) groups excluding carboxylic acids is 3. The quantitative estimate of drug-likeness (QED) is 0.610. The zero-order valence-electron chi connectivity index (χ0n) is 17.5. The minimum atomic E-state index is -3.81. The topological polar surface area (TPSA) is 113 Å². The summed E-state index contributed by atoms with van der Waals surface area (Å²) in [4.78, 5) is 38.2. The molecule has 0 atom stereocenters. The van der Waals surface area contributed by atoms with Gasteiger partial charge in [-0.1, -0.05) is 37.6 Å². The Kier molecular flexibility index (Phi) is 7.17. The molecule has 0 fully saturated rings. The standard InChI is InChI=1S/C21H22ClN3O6S/c1-3-24(4-2)32(29,30)14-9-10-16(22)15(11-14)21(28)31-13-20(27)25-12-19(26)23-17-7-5-6-8-18(17)25/h5-11H,3-4,12-13H2,1-2H3,(H,23,26). The van der Waals surface area contributed by atoms with E-state index >= 15 is 0 Å². The Bertz CT molecular complexity index is 1160. The molecule has 3 rings (SSSR count). The van der Waals surface area contributed by atoms with E-state index in [1.165, 1.54) is 21.3 Å². The maximum Gasteiger partial charge on any atom is 0.340 e. The van der Waals surface area contributed by atoms with Crippen molar-refractivity contribution in [1.29, 1.82) is 0 Å². The number of nitrogens with one attached hydrogen (secondary N) is 1. The lowest BCUT2D eigenvalue weighted by atomic mass is 10.2. The van der Waals surface area contributed by atoms with E-state index in [-0.39, 0.29) is 41.0 Å². The third-order valence-corrected chi connectivity index (χ3v) is 7.27. The normalized spacial score (nSPS) is 13.5. The highest BCUT2D eigenvalue weighted by Gasteiger charge is 2.28. The second kappa shape index (κ2) is 9.68. The van der Waals surface area contributed by atoms with Crippen molar-refractivity contribution in [2.24, 2.45) is 0 Å². The van der Waals surface area contributed by atoms with Gasteiger partial charge in [0.2, 0.25) is 15.9 Å². The molecule has 0 bridgehead atoms. The molecule has 0 saturated carbocycles. The Balaban J connectivity index is 1.77. The van der Waals surface area contributed by atoms with Crippen LogP contribution in [0.1, 0.15) is 24.2 Å². The molecule has 2 aromatic carbocycles. The lowest BCUT2D eigenvalue weighted by molar-refractivity contribution is -0.124. The van der Waals surface area contributed by atoms with Crippen LogP contribution in [-0.2, 0) is 24.3 Å². The molecule has 9 nitrogen and oxygen atoms in total. The smallest absolute Gasteiger partial charge is 0.340 e. The van der Waals surface area contributed by atoms with Gasteiger partial charge in [0.25, 0.3) is 5.91 Å². The van der Waals surface area contributed by atoms with Crippen LogP contribution >= 0.6 is 11.6 Å². The maximum absolute atomic E-state index is 12.7. The fourth-order valence-electron chi connectivity index (χ4n) is 3.27. The van der Waals surface area contributed by atoms with E-state index in [1.54, 1.807) is 38.1 Å². The molecule has 1 aliphatic rings. The number of nitrogens with zero attached hydrogens (tertiary/aromatic N) is 2. The number of carbonyl (C=O) groups is 3. The van der Waals surface area contributed by atoms with Gasteiger partial charge < -0.3 is 10.1 Å². The summed E-state index contributed by atoms with van der Waals surface area (Å²) in [6.07, 6.45) is 0. The number of halogens is 1. The molecule has 0 radical (unpaired) electrons. The van der Waals surface area contributed by atoms with E-state index < -0.39 is 28.5 Å². The van der Waals surface area contributed by atoms with Gasteiger partial charge in [-0.25, -0.2) is 13.2 Å². The SMILES string of the molecule is CCN(CC)S(=O)(=O)c1ccc(Cl)c(C(=O)OCC(=O)N2CC(=O)Nc3ccccc32)c1.